The van der Waals surface area contributed by atoms with E-state index in [0.717, 1.165) is 11.3 Å². The van der Waals surface area contributed by atoms with Crippen LogP contribution in [0.3, 0.4) is 0 Å². The van der Waals surface area contributed by atoms with Gasteiger partial charge in [-0.3, -0.25) is 4.98 Å². The van der Waals surface area contributed by atoms with Gasteiger partial charge < -0.3 is 5.11 Å². The molecule has 4 nitrogen and oxygen atoms in total. The fourth-order valence-corrected chi connectivity index (χ4v) is 3.19. The molecule has 0 aliphatic rings. The lowest BCUT2D eigenvalue weighted by atomic mass is 10.1. The van der Waals surface area contributed by atoms with Crippen LogP contribution in [0.15, 0.2) is 12.3 Å². The molecule has 20 heavy (non-hydrogen) atoms. The normalized spacial score (nSPS) is 11.1. The molecule has 0 aromatic carbocycles. The molecule has 2 heterocycles. The Morgan fingerprint density at radius 1 is 1.45 bits per heavy atom. The molecule has 0 bridgehead atoms. The number of thiazole rings is 1. The third-order valence-electron chi connectivity index (χ3n) is 2.50. The van der Waals surface area contributed by atoms with Gasteiger partial charge in [-0.25, -0.2) is 9.78 Å². The molecular formula is C13H12Cl2N2O2S. The average Bonchev–Trinajstić information content (AvgIpc) is 2.71. The second-order valence-corrected chi connectivity index (χ2v) is 6.52. The summed E-state index contributed by atoms with van der Waals surface area (Å²) in [5.41, 5.74) is 1.03. The predicted molar refractivity (Wildman–Crippen MR) is 80.9 cm³/mol. The number of carboxylic acid groups (broad SMARTS) is 1. The molecule has 0 radical (unpaired) electrons. The summed E-state index contributed by atoms with van der Waals surface area (Å²) in [7, 11) is 0. The molecule has 2 aromatic rings. The van der Waals surface area contributed by atoms with Gasteiger partial charge in [-0.1, -0.05) is 37.0 Å². The van der Waals surface area contributed by atoms with Crippen LogP contribution in [0.4, 0.5) is 0 Å². The molecule has 0 spiro atoms. The minimum absolute atomic E-state index is 0.238. The molecule has 7 heteroatoms. The molecule has 0 amide bonds. The standard InChI is InChI=1S/C13H12Cl2N2O2S/c1-6(2)3-9-11(13(18)19)20-12(17-9)10-8(15)4-7(14)5-16-10/h4-6H,3H2,1-2H3,(H,18,19). The van der Waals surface area contributed by atoms with E-state index in [-0.39, 0.29) is 4.88 Å². The van der Waals surface area contributed by atoms with Crippen molar-refractivity contribution in [1.29, 1.82) is 0 Å². The number of nitrogens with zero attached hydrogens (tertiary/aromatic N) is 2. The summed E-state index contributed by atoms with van der Waals surface area (Å²) in [6.45, 7) is 4.02. The van der Waals surface area contributed by atoms with Gasteiger partial charge in [0.1, 0.15) is 15.6 Å². The van der Waals surface area contributed by atoms with Crippen LogP contribution >= 0.6 is 34.5 Å². The Hall–Kier alpha value is -1.17. The Labute approximate surface area is 130 Å². The van der Waals surface area contributed by atoms with Crippen molar-refractivity contribution >= 4 is 40.5 Å². The molecule has 0 aliphatic heterocycles. The smallest absolute Gasteiger partial charge is 0.347 e. The van der Waals surface area contributed by atoms with Gasteiger partial charge in [-0.05, 0) is 18.4 Å². The number of aromatic nitrogens is 2. The van der Waals surface area contributed by atoms with Crippen LogP contribution in [-0.2, 0) is 6.42 Å². The summed E-state index contributed by atoms with van der Waals surface area (Å²) in [6, 6.07) is 1.56. The Morgan fingerprint density at radius 2 is 2.15 bits per heavy atom. The average molecular weight is 331 g/mol. The van der Waals surface area contributed by atoms with Gasteiger partial charge in [0, 0.05) is 6.20 Å². The second kappa shape index (κ2) is 6.08. The van der Waals surface area contributed by atoms with Crippen LogP contribution in [0.25, 0.3) is 10.7 Å². The molecule has 0 saturated carbocycles. The number of aromatic carboxylic acids is 1. The number of rotatable bonds is 4. The zero-order valence-electron chi connectivity index (χ0n) is 10.9. The van der Waals surface area contributed by atoms with Gasteiger partial charge in [-0.15, -0.1) is 11.3 Å². The Bertz CT molecular complexity index is 656. The molecule has 2 aromatic heterocycles. The zero-order chi connectivity index (χ0) is 14.9. The monoisotopic (exact) mass is 330 g/mol. The minimum Gasteiger partial charge on any atom is -0.477 e. The van der Waals surface area contributed by atoms with Crippen LogP contribution in [0, 0.1) is 5.92 Å². The lowest BCUT2D eigenvalue weighted by Crippen LogP contribution is -2.02. The predicted octanol–water partition coefficient (Wildman–Crippen LogP) is 4.41. The SMILES string of the molecule is CC(C)Cc1nc(-c2ncc(Cl)cc2Cl)sc1C(=O)O. The first-order chi connectivity index (χ1) is 9.38. The maximum Gasteiger partial charge on any atom is 0.347 e. The van der Waals surface area contributed by atoms with E-state index in [2.05, 4.69) is 9.97 Å². The van der Waals surface area contributed by atoms with Crippen LogP contribution in [-0.4, -0.2) is 21.0 Å². The molecule has 106 valence electrons. The summed E-state index contributed by atoms with van der Waals surface area (Å²) in [5, 5.41) is 10.5. The third kappa shape index (κ3) is 3.29. The lowest BCUT2D eigenvalue weighted by molar-refractivity contribution is 0.0700. The zero-order valence-corrected chi connectivity index (χ0v) is 13.2. The number of halogens is 2. The molecule has 2 rings (SSSR count). The summed E-state index contributed by atoms with van der Waals surface area (Å²) in [5.74, 6) is -0.661. The van der Waals surface area contributed by atoms with Crippen molar-refractivity contribution in [2.75, 3.05) is 0 Å². The maximum atomic E-state index is 11.3. The number of carbonyl (C=O) groups is 1. The van der Waals surface area contributed by atoms with Crippen molar-refractivity contribution in [2.45, 2.75) is 20.3 Å². The summed E-state index contributed by atoms with van der Waals surface area (Å²) in [4.78, 5) is 20.0. The topological polar surface area (TPSA) is 63.1 Å². The highest BCUT2D eigenvalue weighted by atomic mass is 35.5. The fraction of sp³-hybridized carbons (Fsp3) is 0.308. The molecule has 0 fully saturated rings. The molecular weight excluding hydrogens is 319 g/mol. The second-order valence-electron chi connectivity index (χ2n) is 4.68. The highest BCUT2D eigenvalue weighted by molar-refractivity contribution is 7.17. The lowest BCUT2D eigenvalue weighted by Gasteiger charge is -2.01. The van der Waals surface area contributed by atoms with E-state index in [4.69, 9.17) is 23.2 Å². The number of hydrogen-bond acceptors (Lipinski definition) is 4. The molecule has 0 saturated heterocycles. The van der Waals surface area contributed by atoms with Gasteiger partial charge in [0.25, 0.3) is 0 Å². The summed E-state index contributed by atoms with van der Waals surface area (Å²) < 4.78 is 0. The minimum atomic E-state index is -0.977. The van der Waals surface area contributed by atoms with E-state index in [1.807, 2.05) is 13.8 Å². The first-order valence-electron chi connectivity index (χ1n) is 5.93. The summed E-state index contributed by atoms with van der Waals surface area (Å²) in [6.07, 6.45) is 2.07. The van der Waals surface area contributed by atoms with Crippen LogP contribution in [0.5, 0.6) is 0 Å². The van der Waals surface area contributed by atoms with Crippen molar-refractivity contribution in [3.05, 3.63) is 32.9 Å². The Kier molecular flexibility index (Phi) is 4.62. The summed E-state index contributed by atoms with van der Waals surface area (Å²) >= 11 is 13.0. The van der Waals surface area contributed by atoms with Gasteiger partial charge >= 0.3 is 5.97 Å². The fourth-order valence-electron chi connectivity index (χ4n) is 1.72. The van der Waals surface area contributed by atoms with Gasteiger partial charge in [0.15, 0.2) is 0 Å². The Balaban J connectivity index is 2.49. The van der Waals surface area contributed by atoms with Crippen molar-refractivity contribution < 1.29 is 9.90 Å². The van der Waals surface area contributed by atoms with E-state index < -0.39 is 5.97 Å². The van der Waals surface area contributed by atoms with E-state index in [0.29, 0.717) is 38.8 Å². The Morgan fingerprint density at radius 3 is 2.70 bits per heavy atom. The van der Waals surface area contributed by atoms with E-state index in [1.165, 1.54) is 6.20 Å². The quantitative estimate of drug-likeness (QED) is 0.901. The molecule has 0 unspecified atom stereocenters. The van der Waals surface area contributed by atoms with E-state index >= 15 is 0 Å². The number of hydrogen-bond donors (Lipinski definition) is 1. The van der Waals surface area contributed by atoms with Gasteiger partial charge in [-0.2, -0.15) is 0 Å². The number of carboxylic acids is 1. The van der Waals surface area contributed by atoms with Gasteiger partial charge in [0.2, 0.25) is 0 Å². The number of pyridine rings is 1. The maximum absolute atomic E-state index is 11.3. The first kappa shape index (κ1) is 15.2. The van der Waals surface area contributed by atoms with Crippen molar-refractivity contribution in [2.24, 2.45) is 5.92 Å². The largest absolute Gasteiger partial charge is 0.477 e. The van der Waals surface area contributed by atoms with Crippen molar-refractivity contribution in [3.8, 4) is 10.7 Å². The van der Waals surface area contributed by atoms with Crippen molar-refractivity contribution in [1.82, 2.24) is 9.97 Å². The van der Waals surface area contributed by atoms with Crippen LogP contribution in [0.2, 0.25) is 10.0 Å². The molecule has 1 N–H and O–H groups in total. The first-order valence-corrected chi connectivity index (χ1v) is 7.50. The van der Waals surface area contributed by atoms with Crippen molar-refractivity contribution in [3.63, 3.8) is 0 Å². The third-order valence-corrected chi connectivity index (χ3v) is 4.09. The highest BCUT2D eigenvalue weighted by Gasteiger charge is 2.20. The van der Waals surface area contributed by atoms with E-state index in [9.17, 15) is 9.90 Å². The van der Waals surface area contributed by atoms with Gasteiger partial charge in [0.05, 0.1) is 15.7 Å². The highest BCUT2D eigenvalue weighted by Crippen LogP contribution is 2.33. The molecule has 0 aliphatic carbocycles. The molecule has 0 atom stereocenters. The van der Waals surface area contributed by atoms with Crippen LogP contribution in [0.1, 0.15) is 29.2 Å². The van der Waals surface area contributed by atoms with Crippen LogP contribution < -0.4 is 0 Å². The van der Waals surface area contributed by atoms with E-state index in [1.54, 1.807) is 6.07 Å².